The van der Waals surface area contributed by atoms with Crippen LogP contribution in [0.2, 0.25) is 0 Å². The van der Waals surface area contributed by atoms with Crippen LogP contribution in [0.25, 0.3) is 0 Å². The number of nitrogens with two attached hydrogens (primary N) is 1. The molecule has 2 N–H and O–H groups in total. The van der Waals surface area contributed by atoms with Crippen molar-refractivity contribution in [1.29, 1.82) is 0 Å². The number of methoxy groups -OCH3 is 1. The van der Waals surface area contributed by atoms with E-state index in [1.54, 1.807) is 12.1 Å². The van der Waals surface area contributed by atoms with Gasteiger partial charge < -0.3 is 25.1 Å². The zero-order valence-electron chi connectivity index (χ0n) is 14.9. The smallest absolute Gasteiger partial charge is 0.296 e. The van der Waals surface area contributed by atoms with Crippen molar-refractivity contribution in [2.45, 2.75) is 0 Å². The van der Waals surface area contributed by atoms with Gasteiger partial charge in [0.25, 0.3) is 5.69 Å². The Morgan fingerprint density at radius 2 is 2.04 bits per heavy atom. The number of benzene rings is 1. The molecule has 2 aromatic rings. The van der Waals surface area contributed by atoms with Crippen LogP contribution in [-0.2, 0) is 4.84 Å². The largest absolute Gasteiger partial charge is 0.496 e. The minimum atomic E-state index is -0.413. The molecule has 2 heterocycles. The maximum atomic E-state index is 11.4. The van der Waals surface area contributed by atoms with E-state index in [4.69, 9.17) is 15.3 Å². The summed E-state index contributed by atoms with van der Waals surface area (Å²) in [4.78, 5) is 19.7. The van der Waals surface area contributed by atoms with Crippen LogP contribution in [0.5, 0.6) is 5.75 Å². The number of aromatic nitrogens is 2. The van der Waals surface area contributed by atoms with E-state index in [0.29, 0.717) is 49.1 Å². The summed E-state index contributed by atoms with van der Waals surface area (Å²) in [5, 5.41) is 22.7. The van der Waals surface area contributed by atoms with Crippen LogP contribution in [0, 0.1) is 10.1 Å². The Morgan fingerprint density at radius 1 is 1.30 bits per heavy atom. The molecule has 27 heavy (non-hydrogen) atoms. The highest BCUT2D eigenvalue weighted by Crippen LogP contribution is 2.32. The third kappa shape index (κ3) is 3.68. The Hall–Kier alpha value is -3.57. The monoisotopic (exact) mass is 377 g/mol. The van der Waals surface area contributed by atoms with Crippen molar-refractivity contribution in [2.24, 2.45) is 5.16 Å². The molecule has 0 amide bonds. The van der Waals surface area contributed by atoms with Gasteiger partial charge in [-0.3, -0.25) is 10.1 Å². The number of ether oxygens (including phenoxy) is 1. The summed E-state index contributed by atoms with van der Waals surface area (Å²) in [6.45, 7) is 2.11. The van der Waals surface area contributed by atoms with Gasteiger partial charge in [0.15, 0.2) is 11.5 Å². The van der Waals surface area contributed by atoms with Crippen LogP contribution in [0.1, 0.15) is 5.69 Å². The molecule has 0 saturated carbocycles. The molecular weight excluding hydrogens is 358 g/mol. The number of nitrogens with zero attached hydrogens (tertiary/aromatic N) is 6. The van der Waals surface area contributed by atoms with Crippen molar-refractivity contribution in [3.05, 3.63) is 34.0 Å². The highest BCUT2D eigenvalue weighted by Gasteiger charge is 2.28. The molecule has 1 saturated heterocycles. The van der Waals surface area contributed by atoms with E-state index in [0.717, 1.165) is 0 Å². The highest BCUT2D eigenvalue weighted by molar-refractivity contribution is 6.00. The van der Waals surface area contributed by atoms with E-state index in [-0.39, 0.29) is 11.5 Å². The summed E-state index contributed by atoms with van der Waals surface area (Å²) in [5.74, 6) is 0.951. The average molecular weight is 377 g/mol. The van der Waals surface area contributed by atoms with Crippen LogP contribution < -0.4 is 15.4 Å². The van der Waals surface area contributed by atoms with Gasteiger partial charge >= 0.3 is 0 Å². The summed E-state index contributed by atoms with van der Waals surface area (Å²) in [7, 11) is 2.89. The second kappa shape index (κ2) is 7.76. The van der Waals surface area contributed by atoms with Gasteiger partial charge in [-0.25, -0.2) is 4.63 Å². The predicted molar refractivity (Wildman–Crippen MR) is 95.7 cm³/mol. The molecule has 12 nitrogen and oxygen atoms in total. The van der Waals surface area contributed by atoms with E-state index in [1.807, 2.05) is 9.80 Å². The molecule has 1 aromatic carbocycles. The number of amidine groups is 1. The third-order valence-corrected chi connectivity index (χ3v) is 4.20. The Kier molecular flexibility index (Phi) is 5.24. The van der Waals surface area contributed by atoms with Crippen molar-refractivity contribution in [3.8, 4) is 5.75 Å². The van der Waals surface area contributed by atoms with Gasteiger partial charge in [-0.15, -0.1) is 0 Å². The molecule has 1 aliphatic heterocycles. The van der Waals surface area contributed by atoms with E-state index in [2.05, 4.69) is 20.1 Å². The number of nitro benzene ring substituents is 1. The molecule has 1 aliphatic rings. The number of anilines is 2. The van der Waals surface area contributed by atoms with Gasteiger partial charge in [-0.1, -0.05) is 5.16 Å². The summed E-state index contributed by atoms with van der Waals surface area (Å²) in [6, 6.07) is 4.81. The quantitative estimate of drug-likeness (QED) is 0.342. The molecule has 0 bridgehead atoms. The zero-order chi connectivity index (χ0) is 19.4. The molecule has 0 spiro atoms. The van der Waals surface area contributed by atoms with E-state index >= 15 is 0 Å². The summed E-state index contributed by atoms with van der Waals surface area (Å²) in [6.07, 6.45) is 0. The molecule has 3 rings (SSSR count). The van der Waals surface area contributed by atoms with Gasteiger partial charge in [0.05, 0.1) is 18.1 Å². The second-order valence-electron chi connectivity index (χ2n) is 5.68. The maximum absolute atomic E-state index is 11.4. The number of piperazine rings is 1. The lowest BCUT2D eigenvalue weighted by molar-refractivity contribution is -0.384. The normalized spacial score (nSPS) is 15.0. The van der Waals surface area contributed by atoms with Crippen molar-refractivity contribution in [3.63, 3.8) is 0 Å². The lowest BCUT2D eigenvalue weighted by Gasteiger charge is -2.36. The van der Waals surface area contributed by atoms with Gasteiger partial charge in [-0.2, -0.15) is 0 Å². The molecule has 0 unspecified atom stereocenters. The van der Waals surface area contributed by atoms with Crippen molar-refractivity contribution in [1.82, 2.24) is 15.2 Å². The summed E-state index contributed by atoms with van der Waals surface area (Å²) < 4.78 is 9.71. The standard InChI is InChI=1S/C15H19N7O5/c1-25-10-3-4-11(12(9-10)22(23)24)20-5-7-21(8-6-20)15(19-26-2)13-14(16)18-27-17-13/h3-4,9H,5-8H2,1-2H3,(H2,16,18)/b19-15+. The number of nitro groups is 1. The summed E-state index contributed by atoms with van der Waals surface area (Å²) >= 11 is 0. The fourth-order valence-corrected chi connectivity index (χ4v) is 2.89. The molecule has 0 aliphatic carbocycles. The molecule has 1 aromatic heterocycles. The Labute approximate surface area is 154 Å². The lowest BCUT2D eigenvalue weighted by Crippen LogP contribution is -2.49. The van der Waals surface area contributed by atoms with Crippen LogP contribution in [0.15, 0.2) is 28.0 Å². The first-order valence-corrected chi connectivity index (χ1v) is 8.07. The van der Waals surface area contributed by atoms with E-state index in [9.17, 15) is 10.1 Å². The lowest BCUT2D eigenvalue weighted by atomic mass is 10.2. The number of hydrogen-bond acceptors (Lipinski definition) is 10. The van der Waals surface area contributed by atoms with Gasteiger partial charge in [-0.05, 0) is 22.4 Å². The van der Waals surface area contributed by atoms with E-state index in [1.165, 1.54) is 20.3 Å². The highest BCUT2D eigenvalue weighted by atomic mass is 16.6. The third-order valence-electron chi connectivity index (χ3n) is 4.20. The van der Waals surface area contributed by atoms with Crippen LogP contribution in [-0.4, -0.2) is 66.4 Å². The number of oxime groups is 1. The van der Waals surface area contributed by atoms with E-state index < -0.39 is 4.92 Å². The first-order valence-electron chi connectivity index (χ1n) is 8.07. The minimum Gasteiger partial charge on any atom is -0.496 e. The van der Waals surface area contributed by atoms with Crippen LogP contribution in [0.4, 0.5) is 17.2 Å². The molecule has 12 heteroatoms. The number of nitrogen functional groups attached to an aromatic ring is 1. The first kappa shape index (κ1) is 18.2. The Bertz CT molecular complexity index is 845. The van der Waals surface area contributed by atoms with Crippen molar-refractivity contribution < 1.29 is 19.1 Å². The van der Waals surface area contributed by atoms with Crippen molar-refractivity contribution in [2.75, 3.05) is 51.0 Å². The van der Waals surface area contributed by atoms with Gasteiger partial charge in [0.1, 0.15) is 18.5 Å². The van der Waals surface area contributed by atoms with Crippen molar-refractivity contribution >= 4 is 23.0 Å². The predicted octanol–water partition coefficient (Wildman–Crippen LogP) is 0.699. The number of hydrogen-bond donors (Lipinski definition) is 1. The Morgan fingerprint density at radius 3 is 2.59 bits per heavy atom. The molecule has 0 radical (unpaired) electrons. The molecule has 144 valence electrons. The Balaban J connectivity index is 1.78. The fourth-order valence-electron chi connectivity index (χ4n) is 2.89. The molecule has 1 fully saturated rings. The SMILES string of the molecule is CO/N=C(\c1nonc1N)N1CCN(c2ccc(OC)cc2[N+](=O)[O-])CC1. The van der Waals surface area contributed by atoms with Crippen LogP contribution >= 0.6 is 0 Å². The zero-order valence-corrected chi connectivity index (χ0v) is 14.9. The maximum Gasteiger partial charge on any atom is 0.296 e. The number of rotatable bonds is 5. The summed E-state index contributed by atoms with van der Waals surface area (Å²) in [5.41, 5.74) is 6.58. The van der Waals surface area contributed by atoms with Gasteiger partial charge in [0, 0.05) is 26.2 Å². The first-order chi connectivity index (χ1) is 13.0. The average Bonchev–Trinajstić information content (AvgIpc) is 3.11. The second-order valence-corrected chi connectivity index (χ2v) is 5.68. The minimum absolute atomic E-state index is 0.00136. The molecule has 0 atom stereocenters. The topological polar surface area (TPSA) is 145 Å². The van der Waals surface area contributed by atoms with Gasteiger partial charge in [0.2, 0.25) is 5.84 Å². The fraction of sp³-hybridized carbons (Fsp3) is 0.400. The van der Waals surface area contributed by atoms with Crippen LogP contribution in [0.3, 0.4) is 0 Å². The molecular formula is C15H19N7O5.